The number of hydrogen-bond acceptors (Lipinski definition) is 3. The molecule has 0 saturated heterocycles. The van der Waals surface area contributed by atoms with Gasteiger partial charge in [-0.15, -0.1) is 0 Å². The van der Waals surface area contributed by atoms with E-state index < -0.39 is 20.7 Å². The predicted octanol–water partition coefficient (Wildman–Crippen LogP) is 2.26. The molecule has 0 bridgehead atoms. The van der Waals surface area contributed by atoms with Crippen LogP contribution in [0.3, 0.4) is 0 Å². The highest BCUT2D eigenvalue weighted by atomic mass is 35.5. The van der Waals surface area contributed by atoms with E-state index in [4.69, 9.17) is 17.3 Å². The largest absolute Gasteiger partial charge is 0.326 e. The van der Waals surface area contributed by atoms with Crippen LogP contribution in [0.5, 0.6) is 0 Å². The van der Waals surface area contributed by atoms with Crippen molar-refractivity contribution in [2.24, 2.45) is 11.7 Å². The van der Waals surface area contributed by atoms with E-state index >= 15 is 0 Å². The maximum atomic E-state index is 14.0. The minimum Gasteiger partial charge on any atom is -0.326 e. The van der Waals surface area contributed by atoms with Gasteiger partial charge in [-0.3, -0.25) is 0 Å². The molecule has 19 heavy (non-hydrogen) atoms. The van der Waals surface area contributed by atoms with Gasteiger partial charge in [-0.2, -0.15) is 0 Å². The summed E-state index contributed by atoms with van der Waals surface area (Å²) in [5, 5.41) is 0.145. The molecule has 7 heteroatoms. The summed E-state index contributed by atoms with van der Waals surface area (Å²) in [6, 6.07) is 2.41. The summed E-state index contributed by atoms with van der Waals surface area (Å²) in [5.74, 6) is -0.490. The Kier molecular flexibility index (Phi) is 5.73. The van der Waals surface area contributed by atoms with Crippen LogP contribution in [0.25, 0.3) is 0 Å². The molecule has 0 heterocycles. The lowest BCUT2D eigenvalue weighted by Crippen LogP contribution is -2.27. The van der Waals surface area contributed by atoms with Gasteiger partial charge in [0.2, 0.25) is 10.0 Å². The number of rotatable bonds is 6. The van der Waals surface area contributed by atoms with Crippen molar-refractivity contribution in [3.05, 3.63) is 28.5 Å². The lowest BCUT2D eigenvalue weighted by molar-refractivity contribution is 0.536. The fourth-order valence-electron chi connectivity index (χ4n) is 1.52. The number of nitrogens with two attached hydrogens (primary N) is 1. The van der Waals surface area contributed by atoms with Gasteiger partial charge in [-0.1, -0.05) is 25.4 Å². The van der Waals surface area contributed by atoms with E-state index in [0.717, 1.165) is 6.07 Å². The second kappa shape index (κ2) is 6.65. The lowest BCUT2D eigenvalue weighted by Gasteiger charge is -2.11. The Hall–Kier alpha value is -0.690. The van der Waals surface area contributed by atoms with Gasteiger partial charge >= 0.3 is 0 Å². The topological polar surface area (TPSA) is 72.2 Å². The summed E-state index contributed by atoms with van der Waals surface area (Å²) in [6.07, 6.45) is 0.672. The van der Waals surface area contributed by atoms with Gasteiger partial charge in [0.25, 0.3) is 0 Å². The van der Waals surface area contributed by atoms with Crippen LogP contribution in [-0.4, -0.2) is 15.0 Å². The molecule has 0 aromatic heterocycles. The van der Waals surface area contributed by atoms with E-state index in [1.54, 1.807) is 0 Å². The number of sulfonamides is 1. The molecule has 4 nitrogen and oxygen atoms in total. The Labute approximate surface area is 118 Å². The van der Waals surface area contributed by atoms with Gasteiger partial charge in [0.15, 0.2) is 0 Å². The van der Waals surface area contributed by atoms with Gasteiger partial charge in [-0.05, 0) is 24.5 Å². The zero-order chi connectivity index (χ0) is 14.6. The molecule has 0 atom stereocenters. The molecule has 108 valence electrons. The van der Waals surface area contributed by atoms with Crippen molar-refractivity contribution >= 4 is 21.6 Å². The minimum absolute atomic E-state index is 0.0803. The number of nitrogens with one attached hydrogen (secondary N) is 1. The monoisotopic (exact) mass is 308 g/mol. The minimum atomic E-state index is -3.91. The smallest absolute Gasteiger partial charge is 0.243 e. The van der Waals surface area contributed by atoms with Crippen LogP contribution in [0, 0.1) is 11.7 Å². The van der Waals surface area contributed by atoms with E-state index in [0.29, 0.717) is 12.3 Å². The van der Waals surface area contributed by atoms with Crippen molar-refractivity contribution in [1.29, 1.82) is 0 Å². The molecule has 0 fully saturated rings. The van der Waals surface area contributed by atoms with Crippen molar-refractivity contribution in [3.63, 3.8) is 0 Å². The van der Waals surface area contributed by atoms with Gasteiger partial charge < -0.3 is 5.73 Å². The summed E-state index contributed by atoms with van der Waals surface area (Å²) in [7, 11) is -3.91. The van der Waals surface area contributed by atoms with E-state index in [2.05, 4.69) is 4.72 Å². The summed E-state index contributed by atoms with van der Waals surface area (Å²) in [6.45, 7) is 4.09. The molecule has 0 saturated carbocycles. The third-order valence-electron chi connectivity index (χ3n) is 2.60. The number of halogens is 2. The molecule has 0 aliphatic rings. The second-order valence-electron chi connectivity index (χ2n) is 4.66. The molecule has 3 N–H and O–H groups in total. The van der Waals surface area contributed by atoms with Crippen molar-refractivity contribution in [2.45, 2.75) is 31.7 Å². The first-order chi connectivity index (χ1) is 8.77. The van der Waals surface area contributed by atoms with Crippen LogP contribution < -0.4 is 10.5 Å². The third-order valence-corrected chi connectivity index (χ3v) is 4.28. The van der Waals surface area contributed by atoms with Crippen LogP contribution in [-0.2, 0) is 16.6 Å². The van der Waals surface area contributed by atoms with Crippen molar-refractivity contribution in [1.82, 2.24) is 4.72 Å². The summed E-state index contributed by atoms with van der Waals surface area (Å²) >= 11 is 5.78. The van der Waals surface area contributed by atoms with Crippen LogP contribution in [0.15, 0.2) is 17.0 Å². The first-order valence-electron chi connectivity index (χ1n) is 5.95. The van der Waals surface area contributed by atoms with Crippen molar-refractivity contribution in [3.8, 4) is 0 Å². The normalized spacial score (nSPS) is 12.1. The average molecular weight is 309 g/mol. The Morgan fingerprint density at radius 3 is 2.58 bits per heavy atom. The van der Waals surface area contributed by atoms with E-state index in [-0.39, 0.29) is 23.7 Å². The standard InChI is InChI=1S/C12H18ClFN2O2S/c1-8(2)3-4-16-19(17,18)11-6-10(13)5-9(7-15)12(11)14/h5-6,8,16H,3-4,7,15H2,1-2H3. The molecule has 0 spiro atoms. The molecule has 1 rings (SSSR count). The van der Waals surface area contributed by atoms with Gasteiger partial charge in [0, 0.05) is 23.7 Å². The van der Waals surface area contributed by atoms with E-state index in [1.165, 1.54) is 6.07 Å². The van der Waals surface area contributed by atoms with Crippen molar-refractivity contribution in [2.75, 3.05) is 6.54 Å². The van der Waals surface area contributed by atoms with Crippen molar-refractivity contribution < 1.29 is 12.8 Å². The average Bonchev–Trinajstić information content (AvgIpc) is 2.30. The fraction of sp³-hybridized carbons (Fsp3) is 0.500. The molecule has 0 aliphatic carbocycles. The van der Waals surface area contributed by atoms with Crippen LogP contribution in [0.2, 0.25) is 5.02 Å². The molecule has 0 radical (unpaired) electrons. The number of benzene rings is 1. The molecule has 0 aliphatic heterocycles. The Morgan fingerprint density at radius 1 is 1.42 bits per heavy atom. The van der Waals surface area contributed by atoms with Gasteiger partial charge in [0.1, 0.15) is 10.7 Å². The highest BCUT2D eigenvalue weighted by Crippen LogP contribution is 2.23. The number of hydrogen-bond donors (Lipinski definition) is 2. The Bertz CT molecular complexity index is 547. The molecule has 0 unspecified atom stereocenters. The Morgan fingerprint density at radius 2 is 2.05 bits per heavy atom. The molecule has 1 aromatic rings. The zero-order valence-electron chi connectivity index (χ0n) is 10.9. The highest BCUT2D eigenvalue weighted by Gasteiger charge is 2.21. The van der Waals surface area contributed by atoms with Gasteiger partial charge in [-0.25, -0.2) is 17.5 Å². The maximum absolute atomic E-state index is 14.0. The quantitative estimate of drug-likeness (QED) is 0.846. The second-order valence-corrected chi connectivity index (χ2v) is 6.83. The molecule has 1 aromatic carbocycles. The summed E-state index contributed by atoms with van der Waals surface area (Å²) in [5.41, 5.74) is 5.44. The first kappa shape index (κ1) is 16.4. The summed E-state index contributed by atoms with van der Waals surface area (Å²) < 4.78 is 40.3. The van der Waals surface area contributed by atoms with Crippen LogP contribution in [0.1, 0.15) is 25.8 Å². The third kappa shape index (κ3) is 4.42. The first-order valence-corrected chi connectivity index (χ1v) is 7.81. The van der Waals surface area contributed by atoms with Gasteiger partial charge in [0.05, 0.1) is 0 Å². The van der Waals surface area contributed by atoms with E-state index in [1.807, 2.05) is 13.8 Å². The van der Waals surface area contributed by atoms with Crippen LogP contribution in [0.4, 0.5) is 4.39 Å². The Balaban J connectivity index is 3.04. The fourth-order valence-corrected chi connectivity index (χ4v) is 3.02. The van der Waals surface area contributed by atoms with Crippen LogP contribution >= 0.6 is 11.6 Å². The SMILES string of the molecule is CC(C)CCNS(=O)(=O)c1cc(Cl)cc(CN)c1F. The van der Waals surface area contributed by atoms with E-state index in [9.17, 15) is 12.8 Å². The zero-order valence-corrected chi connectivity index (χ0v) is 12.5. The maximum Gasteiger partial charge on any atom is 0.243 e. The molecular formula is C12H18ClFN2O2S. The lowest BCUT2D eigenvalue weighted by atomic mass is 10.1. The summed E-state index contributed by atoms with van der Waals surface area (Å²) in [4.78, 5) is -0.454. The molecular weight excluding hydrogens is 291 g/mol. The predicted molar refractivity (Wildman–Crippen MR) is 73.9 cm³/mol. The molecule has 0 amide bonds. The highest BCUT2D eigenvalue weighted by molar-refractivity contribution is 7.89.